The van der Waals surface area contributed by atoms with Crippen LogP contribution in [0.15, 0.2) is 46.8 Å². The van der Waals surface area contributed by atoms with Gasteiger partial charge in [0.1, 0.15) is 11.7 Å². The molecular weight excluding hydrogens is 410 g/mol. The molecule has 1 aromatic carbocycles. The Morgan fingerprint density at radius 1 is 1.19 bits per heavy atom. The quantitative estimate of drug-likeness (QED) is 0.532. The Kier molecular flexibility index (Phi) is 7.06. The molecule has 1 aromatic rings. The third-order valence-electron chi connectivity index (χ3n) is 5.83. The first-order valence-corrected chi connectivity index (χ1v) is 11.0. The average Bonchev–Trinajstić information content (AvgIpc) is 2.72. The predicted molar refractivity (Wildman–Crippen MR) is 119 cm³/mol. The number of dihydropyridines is 1. The van der Waals surface area contributed by atoms with E-state index in [9.17, 15) is 14.4 Å². The zero-order valence-corrected chi connectivity index (χ0v) is 19.5. The molecule has 0 saturated carbocycles. The van der Waals surface area contributed by atoms with Crippen LogP contribution in [-0.4, -0.2) is 37.5 Å². The molecule has 1 N–H and O–H groups in total. The van der Waals surface area contributed by atoms with Crippen molar-refractivity contribution in [3.8, 4) is 5.75 Å². The van der Waals surface area contributed by atoms with Gasteiger partial charge in [-0.3, -0.25) is 9.59 Å². The zero-order valence-electron chi connectivity index (χ0n) is 19.5. The molecule has 0 saturated heterocycles. The summed E-state index contributed by atoms with van der Waals surface area (Å²) in [5.41, 5.74) is 2.92. The number of hydrogen-bond donors (Lipinski definition) is 1. The summed E-state index contributed by atoms with van der Waals surface area (Å²) in [6, 6.07) is 7.32. The molecule has 1 heterocycles. The minimum absolute atomic E-state index is 0.223. The topological polar surface area (TPSA) is 90.9 Å². The standard InChI is InChI=1S/C25H31NO6/c1-7-31-17-10-8-16(9-11-17)21-20(25(29)32-13(2)3)15(5)26-18-12-14(4)19(24(28)30-6)23(27)22(18)21/h8-11,13-14,19,21,26H,7,12H2,1-6H3/t14-,19+,21+/m0/s1. The van der Waals surface area contributed by atoms with Crippen molar-refractivity contribution in [1.82, 2.24) is 5.32 Å². The van der Waals surface area contributed by atoms with Crippen molar-refractivity contribution < 1.29 is 28.6 Å². The predicted octanol–water partition coefficient (Wildman–Crippen LogP) is 3.65. The van der Waals surface area contributed by atoms with E-state index in [1.807, 2.05) is 45.0 Å². The lowest BCUT2D eigenvalue weighted by Crippen LogP contribution is -2.43. The highest BCUT2D eigenvalue weighted by molar-refractivity contribution is 6.12. The minimum Gasteiger partial charge on any atom is -0.494 e. The number of rotatable bonds is 6. The van der Waals surface area contributed by atoms with Gasteiger partial charge in [-0.1, -0.05) is 19.1 Å². The van der Waals surface area contributed by atoms with Gasteiger partial charge in [-0.15, -0.1) is 0 Å². The summed E-state index contributed by atoms with van der Waals surface area (Å²) >= 11 is 0. The highest BCUT2D eigenvalue weighted by Gasteiger charge is 2.47. The maximum Gasteiger partial charge on any atom is 0.337 e. The van der Waals surface area contributed by atoms with Crippen molar-refractivity contribution in [2.75, 3.05) is 13.7 Å². The number of Topliss-reactive ketones (excluding diaryl/α,β-unsaturated/α-hetero) is 1. The molecule has 0 aromatic heterocycles. The van der Waals surface area contributed by atoms with Crippen LogP contribution in [-0.2, 0) is 23.9 Å². The Balaban J connectivity index is 2.15. The van der Waals surface area contributed by atoms with Crippen LogP contribution < -0.4 is 10.1 Å². The lowest BCUT2D eigenvalue weighted by atomic mass is 9.69. The number of methoxy groups -OCH3 is 1. The molecule has 172 valence electrons. The third kappa shape index (κ3) is 4.42. The first-order chi connectivity index (χ1) is 15.2. The Morgan fingerprint density at radius 2 is 1.84 bits per heavy atom. The first-order valence-electron chi connectivity index (χ1n) is 11.0. The van der Waals surface area contributed by atoms with Gasteiger partial charge in [0.25, 0.3) is 0 Å². The normalized spacial score (nSPS) is 23.0. The van der Waals surface area contributed by atoms with Gasteiger partial charge >= 0.3 is 11.9 Å². The van der Waals surface area contributed by atoms with Crippen LogP contribution in [0.25, 0.3) is 0 Å². The van der Waals surface area contributed by atoms with Gasteiger partial charge in [0.05, 0.1) is 25.4 Å². The van der Waals surface area contributed by atoms with Gasteiger partial charge in [0.15, 0.2) is 5.78 Å². The average molecular weight is 442 g/mol. The Labute approximate surface area is 188 Å². The molecular formula is C25H31NO6. The van der Waals surface area contributed by atoms with Crippen LogP contribution in [0.3, 0.4) is 0 Å². The van der Waals surface area contributed by atoms with Gasteiger partial charge in [-0.25, -0.2) is 4.79 Å². The second-order valence-electron chi connectivity index (χ2n) is 8.49. The van der Waals surface area contributed by atoms with E-state index in [0.717, 1.165) is 11.3 Å². The molecule has 0 bridgehead atoms. The molecule has 0 radical (unpaired) electrons. The van der Waals surface area contributed by atoms with E-state index in [2.05, 4.69) is 5.32 Å². The monoisotopic (exact) mass is 441 g/mol. The van der Waals surface area contributed by atoms with E-state index >= 15 is 0 Å². The van der Waals surface area contributed by atoms with Gasteiger partial charge in [-0.2, -0.15) is 0 Å². The van der Waals surface area contributed by atoms with E-state index in [-0.39, 0.29) is 17.8 Å². The summed E-state index contributed by atoms with van der Waals surface area (Å²) < 4.78 is 16.0. The summed E-state index contributed by atoms with van der Waals surface area (Å²) in [5.74, 6) is -2.46. The second-order valence-corrected chi connectivity index (χ2v) is 8.49. The van der Waals surface area contributed by atoms with Gasteiger partial charge in [0, 0.05) is 22.9 Å². The number of hydrogen-bond acceptors (Lipinski definition) is 7. The molecule has 0 unspecified atom stereocenters. The number of ketones is 1. The van der Waals surface area contributed by atoms with Crippen LogP contribution in [0.2, 0.25) is 0 Å². The third-order valence-corrected chi connectivity index (χ3v) is 5.83. The molecule has 1 aliphatic heterocycles. The van der Waals surface area contributed by atoms with Crippen LogP contribution in [0, 0.1) is 11.8 Å². The molecule has 7 heteroatoms. The van der Waals surface area contributed by atoms with Gasteiger partial charge in [-0.05, 0) is 57.7 Å². The molecule has 32 heavy (non-hydrogen) atoms. The van der Waals surface area contributed by atoms with E-state index < -0.39 is 23.8 Å². The maximum atomic E-state index is 13.6. The van der Waals surface area contributed by atoms with Crippen LogP contribution >= 0.6 is 0 Å². The Hall–Kier alpha value is -3.09. The smallest absolute Gasteiger partial charge is 0.337 e. The maximum absolute atomic E-state index is 13.6. The summed E-state index contributed by atoms with van der Waals surface area (Å²) in [7, 11) is 1.28. The lowest BCUT2D eigenvalue weighted by Gasteiger charge is -2.38. The van der Waals surface area contributed by atoms with Crippen molar-refractivity contribution in [2.45, 2.75) is 53.1 Å². The second kappa shape index (κ2) is 9.59. The number of ether oxygens (including phenoxy) is 3. The fourth-order valence-corrected chi connectivity index (χ4v) is 4.49. The zero-order chi connectivity index (χ0) is 23.6. The van der Waals surface area contributed by atoms with Gasteiger partial charge < -0.3 is 19.5 Å². The van der Waals surface area contributed by atoms with Gasteiger partial charge in [0.2, 0.25) is 0 Å². The van der Waals surface area contributed by atoms with Crippen molar-refractivity contribution in [1.29, 1.82) is 0 Å². The molecule has 1 aliphatic carbocycles. The highest BCUT2D eigenvalue weighted by atomic mass is 16.5. The largest absolute Gasteiger partial charge is 0.494 e. The van der Waals surface area contributed by atoms with Crippen molar-refractivity contribution in [3.63, 3.8) is 0 Å². The van der Waals surface area contributed by atoms with Crippen molar-refractivity contribution >= 4 is 17.7 Å². The number of allylic oxidation sites excluding steroid dienone is 3. The van der Waals surface area contributed by atoms with Crippen molar-refractivity contribution in [2.24, 2.45) is 11.8 Å². The Morgan fingerprint density at radius 3 is 2.41 bits per heavy atom. The molecule has 3 atom stereocenters. The number of carbonyl (C=O) groups is 3. The lowest BCUT2D eigenvalue weighted by molar-refractivity contribution is -0.151. The van der Waals surface area contributed by atoms with E-state index in [4.69, 9.17) is 14.2 Å². The Bertz CT molecular complexity index is 973. The van der Waals surface area contributed by atoms with E-state index in [0.29, 0.717) is 35.6 Å². The van der Waals surface area contributed by atoms with E-state index in [1.165, 1.54) is 7.11 Å². The van der Waals surface area contributed by atoms with Crippen LogP contribution in [0.1, 0.15) is 52.5 Å². The summed E-state index contributed by atoms with van der Waals surface area (Å²) in [4.78, 5) is 39.2. The number of nitrogens with one attached hydrogen (secondary N) is 1. The van der Waals surface area contributed by atoms with E-state index in [1.54, 1.807) is 13.8 Å². The molecule has 3 rings (SSSR count). The molecule has 0 fully saturated rings. The summed E-state index contributed by atoms with van der Waals surface area (Å²) in [5, 5.41) is 3.25. The summed E-state index contributed by atoms with van der Waals surface area (Å²) in [6.07, 6.45) is 0.183. The SMILES string of the molecule is CCOc1ccc([C@@H]2C(C(=O)OC(C)C)=C(C)NC3=C2C(=O)[C@H](C(=O)OC)[C@@H](C)C3)cc1. The molecule has 2 aliphatic rings. The number of benzene rings is 1. The summed E-state index contributed by atoms with van der Waals surface area (Å²) in [6.45, 7) is 9.66. The fourth-order valence-electron chi connectivity index (χ4n) is 4.49. The molecule has 0 spiro atoms. The molecule has 7 nitrogen and oxygen atoms in total. The first kappa shape index (κ1) is 23.6. The van der Waals surface area contributed by atoms with Crippen LogP contribution in [0.4, 0.5) is 0 Å². The highest BCUT2D eigenvalue weighted by Crippen LogP contribution is 2.45. The number of esters is 2. The minimum atomic E-state index is -0.911. The van der Waals surface area contributed by atoms with Crippen molar-refractivity contribution in [3.05, 3.63) is 52.4 Å². The van der Waals surface area contributed by atoms with Crippen LogP contribution in [0.5, 0.6) is 5.75 Å². The molecule has 0 amide bonds. The number of carbonyl (C=O) groups excluding carboxylic acids is 3. The fraction of sp³-hybridized carbons (Fsp3) is 0.480.